The number of rotatable bonds is 7. The molecule has 0 spiro atoms. The topological polar surface area (TPSA) is 93.7 Å². The van der Waals surface area contributed by atoms with Gasteiger partial charge in [-0.1, -0.05) is 25.1 Å². The molecular formula is C17H20N2O5. The third-order valence-corrected chi connectivity index (χ3v) is 3.29. The monoisotopic (exact) mass is 332 g/mol. The van der Waals surface area contributed by atoms with Gasteiger partial charge in [-0.3, -0.25) is 9.59 Å². The number of ketones is 1. The van der Waals surface area contributed by atoms with E-state index in [1.165, 1.54) is 6.92 Å². The van der Waals surface area contributed by atoms with Crippen molar-refractivity contribution in [2.45, 2.75) is 26.4 Å². The molecule has 0 aromatic heterocycles. The highest BCUT2D eigenvalue weighted by atomic mass is 16.6. The van der Waals surface area contributed by atoms with Crippen LogP contribution in [0.1, 0.15) is 20.3 Å². The highest BCUT2D eigenvalue weighted by Gasteiger charge is 2.34. The Balaban J connectivity index is 2.08. The largest absolute Gasteiger partial charge is 0.470 e. The van der Waals surface area contributed by atoms with E-state index in [-0.39, 0.29) is 18.1 Å². The number of carbonyl (C=O) groups is 3. The molecule has 7 heteroatoms. The minimum Gasteiger partial charge on any atom is -0.470 e. The van der Waals surface area contributed by atoms with Crippen molar-refractivity contribution in [1.82, 2.24) is 5.32 Å². The van der Waals surface area contributed by atoms with Gasteiger partial charge < -0.3 is 20.1 Å². The lowest BCUT2D eigenvalue weighted by molar-refractivity contribution is -0.151. The van der Waals surface area contributed by atoms with Gasteiger partial charge in [-0.15, -0.1) is 0 Å². The van der Waals surface area contributed by atoms with Crippen molar-refractivity contribution in [2.24, 2.45) is 0 Å². The maximum absolute atomic E-state index is 12.2. The van der Waals surface area contributed by atoms with Crippen molar-refractivity contribution >= 4 is 23.3 Å². The van der Waals surface area contributed by atoms with Gasteiger partial charge in [0.05, 0.1) is 0 Å². The average Bonchev–Trinajstić information content (AvgIpc) is 2.93. The van der Waals surface area contributed by atoms with Gasteiger partial charge in [-0.05, 0) is 25.5 Å². The van der Waals surface area contributed by atoms with E-state index < -0.39 is 23.8 Å². The van der Waals surface area contributed by atoms with Crippen LogP contribution in [0.4, 0.5) is 5.69 Å². The molecule has 0 unspecified atom stereocenters. The number of hydrogen-bond donors (Lipinski definition) is 2. The Bertz CT molecular complexity index is 654. The van der Waals surface area contributed by atoms with Gasteiger partial charge in [0, 0.05) is 12.2 Å². The van der Waals surface area contributed by atoms with E-state index in [1.54, 1.807) is 24.3 Å². The first-order valence-corrected chi connectivity index (χ1v) is 7.74. The van der Waals surface area contributed by atoms with Crippen LogP contribution in [-0.4, -0.2) is 36.9 Å². The van der Waals surface area contributed by atoms with Gasteiger partial charge in [0.2, 0.25) is 11.7 Å². The zero-order valence-corrected chi connectivity index (χ0v) is 13.6. The summed E-state index contributed by atoms with van der Waals surface area (Å²) in [6.45, 7) is 3.62. The molecule has 1 aliphatic rings. The molecule has 0 saturated heterocycles. The quantitative estimate of drug-likeness (QED) is 0.578. The van der Waals surface area contributed by atoms with Crippen LogP contribution < -0.4 is 10.6 Å². The summed E-state index contributed by atoms with van der Waals surface area (Å²) in [5, 5.41) is 5.50. The molecule has 0 fully saturated rings. The van der Waals surface area contributed by atoms with Crippen LogP contribution in [-0.2, 0) is 23.9 Å². The van der Waals surface area contributed by atoms with Crippen LogP contribution in [0, 0.1) is 0 Å². The number of carbonyl (C=O) groups excluding carboxylic acids is 3. The van der Waals surface area contributed by atoms with E-state index >= 15 is 0 Å². The number of benzene rings is 1. The van der Waals surface area contributed by atoms with Crippen LogP contribution in [0.2, 0.25) is 0 Å². The second-order valence-corrected chi connectivity index (χ2v) is 5.25. The van der Waals surface area contributed by atoms with Crippen molar-refractivity contribution < 1.29 is 23.9 Å². The second-order valence-electron chi connectivity index (χ2n) is 5.25. The van der Waals surface area contributed by atoms with Crippen molar-refractivity contribution in [1.29, 1.82) is 0 Å². The smallest absolute Gasteiger partial charge is 0.348 e. The predicted molar refractivity (Wildman–Crippen MR) is 86.9 cm³/mol. The summed E-state index contributed by atoms with van der Waals surface area (Å²) in [5.74, 6) is -1.73. The van der Waals surface area contributed by atoms with Gasteiger partial charge >= 0.3 is 5.97 Å². The van der Waals surface area contributed by atoms with Crippen LogP contribution in [0.3, 0.4) is 0 Å². The van der Waals surface area contributed by atoms with E-state index in [9.17, 15) is 14.4 Å². The van der Waals surface area contributed by atoms with Gasteiger partial charge in [0.15, 0.2) is 18.3 Å². The van der Waals surface area contributed by atoms with Crippen molar-refractivity contribution in [3.63, 3.8) is 0 Å². The van der Waals surface area contributed by atoms with E-state index in [2.05, 4.69) is 10.6 Å². The minimum absolute atomic E-state index is 0.0392. The first kappa shape index (κ1) is 17.5. The molecule has 24 heavy (non-hydrogen) atoms. The Morgan fingerprint density at radius 1 is 1.29 bits per heavy atom. The van der Waals surface area contributed by atoms with Crippen LogP contribution in [0.5, 0.6) is 0 Å². The molecule has 2 N–H and O–H groups in total. The number of hydrogen-bond acceptors (Lipinski definition) is 6. The molecule has 7 nitrogen and oxygen atoms in total. The number of nitrogens with one attached hydrogen (secondary N) is 2. The van der Waals surface area contributed by atoms with Gasteiger partial charge in [0.25, 0.3) is 5.91 Å². The fraction of sp³-hybridized carbons (Fsp3) is 0.353. The summed E-state index contributed by atoms with van der Waals surface area (Å²) in [7, 11) is 0. The predicted octanol–water partition coefficient (Wildman–Crippen LogP) is 1.37. The van der Waals surface area contributed by atoms with Gasteiger partial charge in [-0.2, -0.15) is 0 Å². The number of anilines is 1. The summed E-state index contributed by atoms with van der Waals surface area (Å²) in [6.07, 6.45) is -0.224. The summed E-state index contributed by atoms with van der Waals surface area (Å²) in [4.78, 5) is 35.9. The van der Waals surface area contributed by atoms with Gasteiger partial charge in [0.1, 0.15) is 0 Å². The summed E-state index contributed by atoms with van der Waals surface area (Å²) in [6, 6.07) is 8.98. The van der Waals surface area contributed by atoms with Crippen LogP contribution in [0.25, 0.3) is 0 Å². The average molecular weight is 332 g/mol. The molecule has 1 aromatic carbocycles. The molecule has 1 aromatic rings. The summed E-state index contributed by atoms with van der Waals surface area (Å²) in [5.41, 5.74) is 0.454. The van der Waals surface area contributed by atoms with Crippen LogP contribution in [0.15, 0.2) is 41.8 Å². The zero-order valence-electron chi connectivity index (χ0n) is 13.6. The fourth-order valence-corrected chi connectivity index (χ4v) is 2.03. The molecule has 1 heterocycles. The highest BCUT2D eigenvalue weighted by molar-refractivity contribution is 6.20. The first-order valence-electron chi connectivity index (χ1n) is 7.74. The fourth-order valence-electron chi connectivity index (χ4n) is 2.03. The molecule has 0 aliphatic carbocycles. The molecule has 1 atom stereocenters. The molecule has 1 amide bonds. The SMILES string of the molecule is CCCNC(=O)[C@@H](C)OC(=O)C1=C(Nc2ccccc2)OCC1=O. The number of ether oxygens (including phenoxy) is 2. The van der Waals surface area contributed by atoms with Gasteiger partial charge in [-0.25, -0.2) is 4.79 Å². The molecule has 0 saturated carbocycles. The second kappa shape index (κ2) is 8.14. The van der Waals surface area contributed by atoms with Crippen LogP contribution >= 0.6 is 0 Å². The van der Waals surface area contributed by atoms with E-state index in [4.69, 9.17) is 9.47 Å². The molecule has 1 aliphatic heterocycles. The van der Waals surface area contributed by atoms with E-state index in [1.807, 2.05) is 13.0 Å². The molecule has 0 radical (unpaired) electrons. The number of para-hydroxylation sites is 1. The normalized spacial score (nSPS) is 14.8. The number of esters is 1. The highest BCUT2D eigenvalue weighted by Crippen LogP contribution is 2.21. The Morgan fingerprint density at radius 3 is 2.67 bits per heavy atom. The Kier molecular flexibility index (Phi) is 5.95. The Labute approximate surface area is 140 Å². The lowest BCUT2D eigenvalue weighted by Gasteiger charge is -2.13. The zero-order chi connectivity index (χ0) is 17.5. The van der Waals surface area contributed by atoms with Crippen molar-refractivity contribution in [3.05, 3.63) is 41.8 Å². The molecule has 2 rings (SSSR count). The Morgan fingerprint density at radius 2 is 2.00 bits per heavy atom. The minimum atomic E-state index is -0.997. The third-order valence-electron chi connectivity index (χ3n) is 3.29. The van der Waals surface area contributed by atoms with E-state index in [0.29, 0.717) is 12.2 Å². The summed E-state index contributed by atoms with van der Waals surface area (Å²) >= 11 is 0. The van der Waals surface area contributed by atoms with Crippen molar-refractivity contribution in [2.75, 3.05) is 18.5 Å². The number of Topliss-reactive ketones (excluding diaryl/α,β-unsaturated/α-hetero) is 1. The standard InChI is InChI=1S/C17H20N2O5/c1-3-9-18-15(21)11(2)24-17(22)14-13(20)10-23-16(14)19-12-7-5-4-6-8-12/h4-8,11,19H,3,9-10H2,1-2H3,(H,18,21)/t11-/m1/s1. The lowest BCUT2D eigenvalue weighted by atomic mass is 10.2. The number of amides is 1. The first-order chi connectivity index (χ1) is 11.5. The molecule has 128 valence electrons. The third kappa shape index (κ3) is 4.34. The van der Waals surface area contributed by atoms with Crippen molar-refractivity contribution in [3.8, 4) is 0 Å². The van der Waals surface area contributed by atoms with E-state index in [0.717, 1.165) is 6.42 Å². The maximum atomic E-state index is 12.2. The Hall–Kier alpha value is -2.83. The maximum Gasteiger partial charge on any atom is 0.348 e. The summed E-state index contributed by atoms with van der Waals surface area (Å²) < 4.78 is 10.3. The molecular weight excluding hydrogens is 312 g/mol. The molecule has 0 bridgehead atoms. The lowest BCUT2D eigenvalue weighted by Crippen LogP contribution is -2.37.